The average Bonchev–Trinajstić information content (AvgIpc) is 2.96. The Labute approximate surface area is 99.8 Å². The zero-order chi connectivity index (χ0) is 11.2. The number of hydrogen-bond acceptors (Lipinski definition) is 3. The summed E-state index contributed by atoms with van der Waals surface area (Å²) in [4.78, 5) is 11.5. The van der Waals surface area contributed by atoms with Gasteiger partial charge in [-0.1, -0.05) is 0 Å². The van der Waals surface area contributed by atoms with E-state index in [9.17, 15) is 4.79 Å². The van der Waals surface area contributed by atoms with Crippen molar-refractivity contribution >= 4 is 17.2 Å². The molecular formula is C12H17NO2S. The molecule has 0 spiro atoms. The highest BCUT2D eigenvalue weighted by atomic mass is 32.1. The lowest BCUT2D eigenvalue weighted by Gasteiger charge is -2.10. The second kappa shape index (κ2) is 6.01. The number of carbonyl (C=O) groups excluding carboxylic acids is 1. The van der Waals surface area contributed by atoms with Crippen LogP contribution in [0.5, 0.6) is 0 Å². The highest BCUT2D eigenvalue weighted by Crippen LogP contribution is 2.11. The number of aryl methyl sites for hydroxylation is 1. The number of thiophene rings is 1. The lowest BCUT2D eigenvalue weighted by molar-refractivity contribution is -0.121. The second-order valence-corrected chi connectivity index (χ2v) is 4.85. The lowest BCUT2D eigenvalue weighted by atomic mass is 10.2. The van der Waals surface area contributed by atoms with Crippen molar-refractivity contribution in [1.29, 1.82) is 0 Å². The predicted octanol–water partition coefficient (Wildman–Crippen LogP) is 1.98. The third kappa shape index (κ3) is 3.61. The zero-order valence-corrected chi connectivity index (χ0v) is 10.1. The molecule has 0 aliphatic carbocycles. The zero-order valence-electron chi connectivity index (χ0n) is 9.28. The van der Waals surface area contributed by atoms with Crippen LogP contribution in [-0.2, 0) is 16.0 Å². The first-order valence-electron chi connectivity index (χ1n) is 5.74. The van der Waals surface area contributed by atoms with Gasteiger partial charge in [-0.15, -0.1) is 0 Å². The molecule has 1 aromatic heterocycles. The van der Waals surface area contributed by atoms with E-state index in [0.717, 1.165) is 25.9 Å². The highest BCUT2D eigenvalue weighted by Gasteiger charge is 2.15. The van der Waals surface area contributed by atoms with Crippen LogP contribution in [-0.4, -0.2) is 25.2 Å². The van der Waals surface area contributed by atoms with Gasteiger partial charge in [0.05, 0.1) is 6.10 Å². The van der Waals surface area contributed by atoms with Crippen LogP contribution in [0.4, 0.5) is 0 Å². The molecule has 3 nitrogen and oxygen atoms in total. The summed E-state index contributed by atoms with van der Waals surface area (Å²) in [5.74, 6) is 0.127. The summed E-state index contributed by atoms with van der Waals surface area (Å²) in [5, 5.41) is 7.06. The lowest BCUT2D eigenvalue weighted by Crippen LogP contribution is -2.31. The summed E-state index contributed by atoms with van der Waals surface area (Å²) < 4.78 is 5.44. The first kappa shape index (κ1) is 11.6. The van der Waals surface area contributed by atoms with Crippen LogP contribution < -0.4 is 5.32 Å². The molecule has 1 amide bonds. The molecule has 1 atom stereocenters. The number of carbonyl (C=O) groups is 1. The molecule has 0 radical (unpaired) electrons. The fraction of sp³-hybridized carbons (Fsp3) is 0.583. The summed E-state index contributed by atoms with van der Waals surface area (Å²) >= 11 is 1.67. The Morgan fingerprint density at radius 3 is 3.25 bits per heavy atom. The van der Waals surface area contributed by atoms with Gasteiger partial charge in [0.2, 0.25) is 5.91 Å². The molecule has 2 heterocycles. The van der Waals surface area contributed by atoms with Crippen LogP contribution in [0.15, 0.2) is 16.8 Å². The highest BCUT2D eigenvalue weighted by molar-refractivity contribution is 7.07. The fourth-order valence-corrected chi connectivity index (χ4v) is 2.52. The van der Waals surface area contributed by atoms with Crippen molar-refractivity contribution in [3.8, 4) is 0 Å². The van der Waals surface area contributed by atoms with Crippen LogP contribution in [0.3, 0.4) is 0 Å². The summed E-state index contributed by atoms with van der Waals surface area (Å²) in [7, 11) is 0. The minimum Gasteiger partial charge on any atom is -0.376 e. The molecule has 88 valence electrons. The molecule has 1 aromatic rings. The maximum absolute atomic E-state index is 11.5. The van der Waals surface area contributed by atoms with Gasteiger partial charge in [-0.3, -0.25) is 4.79 Å². The number of nitrogens with one attached hydrogen (secondary N) is 1. The van der Waals surface area contributed by atoms with Crippen molar-refractivity contribution in [2.24, 2.45) is 0 Å². The van der Waals surface area contributed by atoms with Gasteiger partial charge in [-0.2, -0.15) is 11.3 Å². The molecule has 1 fully saturated rings. The Morgan fingerprint density at radius 1 is 1.62 bits per heavy atom. The first-order valence-corrected chi connectivity index (χ1v) is 6.68. The summed E-state index contributed by atoms with van der Waals surface area (Å²) in [6.07, 6.45) is 3.84. The van der Waals surface area contributed by atoms with Crippen molar-refractivity contribution in [3.63, 3.8) is 0 Å². The molecule has 4 heteroatoms. The van der Waals surface area contributed by atoms with E-state index < -0.39 is 0 Å². The van der Waals surface area contributed by atoms with E-state index in [4.69, 9.17) is 4.74 Å². The fourth-order valence-electron chi connectivity index (χ4n) is 1.81. The van der Waals surface area contributed by atoms with Crippen LogP contribution in [0.25, 0.3) is 0 Å². The standard InChI is InChI=1S/C12H17NO2S/c14-12(4-3-10-5-7-16-9-10)13-8-11-2-1-6-15-11/h5,7,9,11H,1-4,6,8H2,(H,13,14)/t11-/m1/s1. The maximum Gasteiger partial charge on any atom is 0.220 e. The normalized spacial score (nSPS) is 19.9. The second-order valence-electron chi connectivity index (χ2n) is 4.07. The van der Waals surface area contributed by atoms with E-state index in [2.05, 4.69) is 16.8 Å². The molecule has 0 unspecified atom stereocenters. The van der Waals surface area contributed by atoms with E-state index in [1.165, 1.54) is 5.56 Å². The van der Waals surface area contributed by atoms with E-state index >= 15 is 0 Å². The Balaban J connectivity index is 1.60. The van der Waals surface area contributed by atoms with Gasteiger partial charge in [-0.25, -0.2) is 0 Å². The van der Waals surface area contributed by atoms with Crippen molar-refractivity contribution in [1.82, 2.24) is 5.32 Å². The van der Waals surface area contributed by atoms with Crippen molar-refractivity contribution < 1.29 is 9.53 Å². The minimum atomic E-state index is 0.127. The van der Waals surface area contributed by atoms with Crippen LogP contribution in [0, 0.1) is 0 Å². The topological polar surface area (TPSA) is 38.3 Å². The third-order valence-electron chi connectivity index (χ3n) is 2.77. The van der Waals surface area contributed by atoms with Crippen LogP contribution in [0.1, 0.15) is 24.8 Å². The van der Waals surface area contributed by atoms with E-state index in [1.54, 1.807) is 11.3 Å². The molecule has 0 aromatic carbocycles. The maximum atomic E-state index is 11.5. The van der Waals surface area contributed by atoms with Gasteiger partial charge < -0.3 is 10.1 Å². The van der Waals surface area contributed by atoms with Gasteiger partial charge in [0.15, 0.2) is 0 Å². The van der Waals surface area contributed by atoms with Gasteiger partial charge in [-0.05, 0) is 41.7 Å². The average molecular weight is 239 g/mol. The number of amides is 1. The number of ether oxygens (including phenoxy) is 1. The van der Waals surface area contributed by atoms with Gasteiger partial charge in [0.1, 0.15) is 0 Å². The Kier molecular flexibility index (Phi) is 4.36. The molecule has 0 bridgehead atoms. The summed E-state index contributed by atoms with van der Waals surface area (Å²) in [6.45, 7) is 1.51. The minimum absolute atomic E-state index is 0.127. The Hall–Kier alpha value is -0.870. The number of hydrogen-bond donors (Lipinski definition) is 1. The largest absolute Gasteiger partial charge is 0.376 e. The predicted molar refractivity (Wildman–Crippen MR) is 64.6 cm³/mol. The molecule has 1 saturated heterocycles. The van der Waals surface area contributed by atoms with Crippen molar-refractivity contribution in [2.75, 3.05) is 13.2 Å². The Morgan fingerprint density at radius 2 is 2.56 bits per heavy atom. The molecule has 1 aliphatic rings. The third-order valence-corrected chi connectivity index (χ3v) is 3.50. The van der Waals surface area contributed by atoms with Gasteiger partial charge in [0, 0.05) is 19.6 Å². The molecular weight excluding hydrogens is 222 g/mol. The first-order chi connectivity index (χ1) is 7.84. The quantitative estimate of drug-likeness (QED) is 0.853. The van der Waals surface area contributed by atoms with Gasteiger partial charge >= 0.3 is 0 Å². The van der Waals surface area contributed by atoms with Crippen molar-refractivity contribution in [2.45, 2.75) is 31.8 Å². The monoisotopic (exact) mass is 239 g/mol. The van der Waals surface area contributed by atoms with Crippen LogP contribution in [0.2, 0.25) is 0 Å². The van der Waals surface area contributed by atoms with Crippen LogP contribution >= 0.6 is 11.3 Å². The Bertz CT molecular complexity index is 318. The molecule has 0 saturated carbocycles. The van der Waals surface area contributed by atoms with Gasteiger partial charge in [0.25, 0.3) is 0 Å². The molecule has 1 aliphatic heterocycles. The molecule has 2 rings (SSSR count). The van der Waals surface area contributed by atoms with Crippen molar-refractivity contribution in [3.05, 3.63) is 22.4 Å². The number of rotatable bonds is 5. The molecule has 1 N–H and O–H groups in total. The summed E-state index contributed by atoms with van der Waals surface area (Å²) in [6, 6.07) is 2.07. The smallest absolute Gasteiger partial charge is 0.220 e. The van der Waals surface area contributed by atoms with E-state index in [-0.39, 0.29) is 12.0 Å². The summed E-state index contributed by atoms with van der Waals surface area (Å²) in [5.41, 5.74) is 1.25. The SMILES string of the molecule is O=C(CCc1ccsc1)NC[C@H]1CCCO1. The molecule has 16 heavy (non-hydrogen) atoms. The van der Waals surface area contributed by atoms with E-state index in [0.29, 0.717) is 13.0 Å². The van der Waals surface area contributed by atoms with E-state index in [1.807, 2.05) is 5.38 Å².